The van der Waals surface area contributed by atoms with Crippen LogP contribution in [0.2, 0.25) is 0 Å². The molecule has 1 heterocycles. The van der Waals surface area contributed by atoms with E-state index in [2.05, 4.69) is 16.4 Å². The summed E-state index contributed by atoms with van der Waals surface area (Å²) in [6, 6.07) is 7.82. The molecule has 72 valence electrons. The van der Waals surface area contributed by atoms with Crippen LogP contribution < -0.4 is 11.1 Å². The van der Waals surface area contributed by atoms with E-state index in [4.69, 9.17) is 5.73 Å². The molecule has 14 heavy (non-hydrogen) atoms. The third-order valence-electron chi connectivity index (χ3n) is 2.16. The van der Waals surface area contributed by atoms with Crippen molar-refractivity contribution in [3.8, 4) is 0 Å². The van der Waals surface area contributed by atoms with Gasteiger partial charge < -0.3 is 11.1 Å². The molecule has 0 spiro atoms. The molecule has 0 saturated carbocycles. The fourth-order valence-electron chi connectivity index (χ4n) is 1.41. The van der Waals surface area contributed by atoms with Gasteiger partial charge in [-0.15, -0.1) is 0 Å². The zero-order valence-electron chi connectivity index (χ0n) is 8.12. The van der Waals surface area contributed by atoms with Gasteiger partial charge >= 0.3 is 0 Å². The second-order valence-corrected chi connectivity index (χ2v) is 3.29. The maximum absolute atomic E-state index is 5.62. The van der Waals surface area contributed by atoms with Crippen LogP contribution in [-0.2, 0) is 0 Å². The summed E-state index contributed by atoms with van der Waals surface area (Å²) in [5.41, 5.74) is 8.66. The van der Waals surface area contributed by atoms with Crippen LogP contribution in [-0.4, -0.2) is 12.4 Å². The van der Waals surface area contributed by atoms with Crippen LogP contribution in [0.25, 0.3) is 5.70 Å². The Morgan fingerprint density at radius 3 is 2.64 bits per heavy atom. The first-order chi connectivity index (χ1) is 6.75. The van der Waals surface area contributed by atoms with Gasteiger partial charge in [-0.2, -0.15) is 0 Å². The molecular formula is C11H13N3. The van der Waals surface area contributed by atoms with E-state index in [9.17, 15) is 0 Å². The Hall–Kier alpha value is -1.77. The van der Waals surface area contributed by atoms with Gasteiger partial charge in [0.05, 0.1) is 12.4 Å². The minimum atomic E-state index is 0.749. The van der Waals surface area contributed by atoms with Crippen LogP contribution in [0.15, 0.2) is 35.3 Å². The zero-order valence-corrected chi connectivity index (χ0v) is 8.12. The van der Waals surface area contributed by atoms with Crippen molar-refractivity contribution >= 4 is 17.2 Å². The van der Waals surface area contributed by atoms with E-state index < -0.39 is 0 Å². The summed E-state index contributed by atoms with van der Waals surface area (Å²) < 4.78 is 0. The van der Waals surface area contributed by atoms with Crippen LogP contribution in [0.1, 0.15) is 12.5 Å². The minimum Gasteiger partial charge on any atom is -0.399 e. The fourth-order valence-corrected chi connectivity index (χ4v) is 1.41. The molecule has 0 atom stereocenters. The van der Waals surface area contributed by atoms with Crippen molar-refractivity contribution in [3.05, 3.63) is 35.9 Å². The molecule has 1 aliphatic heterocycles. The van der Waals surface area contributed by atoms with Crippen LogP contribution in [0.5, 0.6) is 0 Å². The van der Waals surface area contributed by atoms with Gasteiger partial charge in [-0.05, 0) is 30.7 Å². The van der Waals surface area contributed by atoms with Gasteiger partial charge in [-0.3, -0.25) is 4.99 Å². The van der Waals surface area contributed by atoms with Crippen LogP contribution >= 0.6 is 0 Å². The molecule has 1 aliphatic rings. The standard InChI is InChI=1S/C11H13N3/c1-8-13-7-6-11(14-8)9-2-4-10(12)5-3-9/h2-6H,7,12H2,1H3,(H,13,14). The monoisotopic (exact) mass is 187 g/mol. The first-order valence-corrected chi connectivity index (χ1v) is 4.60. The molecule has 3 nitrogen and oxygen atoms in total. The largest absolute Gasteiger partial charge is 0.399 e. The summed E-state index contributed by atoms with van der Waals surface area (Å²) >= 11 is 0. The van der Waals surface area contributed by atoms with Crippen LogP contribution in [0.4, 0.5) is 5.69 Å². The molecule has 0 aliphatic carbocycles. The first-order valence-electron chi connectivity index (χ1n) is 4.60. The molecular weight excluding hydrogens is 174 g/mol. The SMILES string of the molecule is CC1=NCC=C(c2ccc(N)cc2)N1. The van der Waals surface area contributed by atoms with Crippen molar-refractivity contribution < 1.29 is 0 Å². The van der Waals surface area contributed by atoms with E-state index in [0.717, 1.165) is 29.3 Å². The number of aliphatic imine (C=N–C) groups is 1. The maximum Gasteiger partial charge on any atom is 0.0979 e. The highest BCUT2D eigenvalue weighted by Gasteiger charge is 2.04. The summed E-state index contributed by atoms with van der Waals surface area (Å²) in [4.78, 5) is 4.23. The smallest absolute Gasteiger partial charge is 0.0979 e. The average molecular weight is 187 g/mol. The summed E-state index contributed by atoms with van der Waals surface area (Å²) in [6.07, 6.45) is 2.07. The number of nitrogens with two attached hydrogens (primary N) is 1. The zero-order chi connectivity index (χ0) is 9.97. The number of benzene rings is 1. The molecule has 0 bridgehead atoms. The highest BCUT2D eigenvalue weighted by molar-refractivity contribution is 5.90. The van der Waals surface area contributed by atoms with Crippen molar-refractivity contribution in [1.82, 2.24) is 5.32 Å². The van der Waals surface area contributed by atoms with Gasteiger partial charge in [0, 0.05) is 11.4 Å². The number of nitrogens with zero attached hydrogens (tertiary/aromatic N) is 1. The van der Waals surface area contributed by atoms with E-state index in [1.807, 2.05) is 31.2 Å². The third kappa shape index (κ3) is 1.76. The van der Waals surface area contributed by atoms with Crippen molar-refractivity contribution in [2.24, 2.45) is 4.99 Å². The number of nitrogens with one attached hydrogen (secondary N) is 1. The molecule has 1 aromatic rings. The Morgan fingerprint density at radius 1 is 1.29 bits per heavy atom. The number of hydrogen-bond acceptors (Lipinski definition) is 3. The Labute approximate surface area is 83.3 Å². The van der Waals surface area contributed by atoms with Crippen LogP contribution in [0, 0.1) is 0 Å². The van der Waals surface area contributed by atoms with Gasteiger partial charge in [-0.25, -0.2) is 0 Å². The number of anilines is 1. The molecule has 0 unspecified atom stereocenters. The number of amidine groups is 1. The molecule has 2 rings (SSSR count). The molecule has 3 N–H and O–H groups in total. The molecule has 0 amide bonds. The lowest BCUT2D eigenvalue weighted by molar-refractivity contribution is 1.11. The third-order valence-corrected chi connectivity index (χ3v) is 2.16. The summed E-state index contributed by atoms with van der Waals surface area (Å²) in [6.45, 7) is 2.71. The van der Waals surface area contributed by atoms with Gasteiger partial charge in [0.15, 0.2) is 0 Å². The van der Waals surface area contributed by atoms with E-state index >= 15 is 0 Å². The van der Waals surface area contributed by atoms with Gasteiger partial charge in [0.2, 0.25) is 0 Å². The molecule has 0 aromatic heterocycles. The second kappa shape index (κ2) is 3.54. The lowest BCUT2D eigenvalue weighted by atomic mass is 10.1. The van der Waals surface area contributed by atoms with Gasteiger partial charge in [0.25, 0.3) is 0 Å². The Bertz CT molecular complexity index is 387. The fraction of sp³-hybridized carbons (Fsp3) is 0.182. The predicted octanol–water partition coefficient (Wildman–Crippen LogP) is 1.63. The normalized spacial score (nSPS) is 15.5. The number of rotatable bonds is 1. The second-order valence-electron chi connectivity index (χ2n) is 3.29. The Morgan fingerprint density at radius 2 is 2.00 bits per heavy atom. The van der Waals surface area contributed by atoms with E-state index in [1.165, 1.54) is 0 Å². The van der Waals surface area contributed by atoms with Gasteiger partial charge in [0.1, 0.15) is 0 Å². The first kappa shape index (κ1) is 8.81. The molecule has 1 aromatic carbocycles. The lowest BCUT2D eigenvalue weighted by Gasteiger charge is -2.14. The number of hydrogen-bond donors (Lipinski definition) is 2. The van der Waals surface area contributed by atoms with E-state index in [0.29, 0.717) is 0 Å². The topological polar surface area (TPSA) is 50.4 Å². The van der Waals surface area contributed by atoms with Crippen molar-refractivity contribution in [2.75, 3.05) is 12.3 Å². The lowest BCUT2D eigenvalue weighted by Crippen LogP contribution is -2.22. The van der Waals surface area contributed by atoms with Crippen LogP contribution in [0.3, 0.4) is 0 Å². The molecule has 3 heteroatoms. The maximum atomic E-state index is 5.62. The van der Waals surface area contributed by atoms with Crippen molar-refractivity contribution in [1.29, 1.82) is 0 Å². The molecule has 0 saturated heterocycles. The molecule has 0 fully saturated rings. The van der Waals surface area contributed by atoms with Crippen molar-refractivity contribution in [2.45, 2.75) is 6.92 Å². The van der Waals surface area contributed by atoms with Gasteiger partial charge in [-0.1, -0.05) is 12.1 Å². The Kier molecular flexibility index (Phi) is 2.23. The highest BCUT2D eigenvalue weighted by Crippen LogP contribution is 2.15. The Balaban J connectivity index is 2.24. The summed E-state index contributed by atoms with van der Waals surface area (Å²) in [7, 11) is 0. The van der Waals surface area contributed by atoms with E-state index in [-0.39, 0.29) is 0 Å². The molecule has 0 radical (unpaired) electrons. The summed E-state index contributed by atoms with van der Waals surface area (Å²) in [5.74, 6) is 0.958. The minimum absolute atomic E-state index is 0.749. The number of nitrogen functional groups attached to an aromatic ring is 1. The van der Waals surface area contributed by atoms with E-state index in [1.54, 1.807) is 0 Å². The predicted molar refractivity (Wildman–Crippen MR) is 59.9 cm³/mol. The summed E-state index contributed by atoms with van der Waals surface area (Å²) in [5, 5.41) is 3.22. The highest BCUT2D eigenvalue weighted by atomic mass is 15.0. The van der Waals surface area contributed by atoms with Crippen molar-refractivity contribution in [3.63, 3.8) is 0 Å². The average Bonchev–Trinajstić information content (AvgIpc) is 2.19. The quantitative estimate of drug-likeness (QED) is 0.656.